The van der Waals surface area contributed by atoms with E-state index >= 15 is 0 Å². The SMILES string of the molecule is C/C=C1\NC(=O)CC[C@H](C(=O)O)NC(=O)[C@@H](C)[C@H](/C=C/C(C)=C/[C@H](C)[C@H](Cc2ccccc2)OC)NC(=O)[C@H](CCCN=C(N)N)NC(=O)C[C@H](C(=O)O)NC(=O)[C@H](CCC(C)C)NC(=O)[C@@H](C)NC1=O. The summed E-state index contributed by atoms with van der Waals surface area (Å²) in [5.74, 6) is -10.7. The Bertz CT molecular complexity index is 2140. The third kappa shape index (κ3) is 22.0. The Morgan fingerprint density at radius 3 is 2.03 bits per heavy atom. The van der Waals surface area contributed by atoms with Gasteiger partial charge < -0.3 is 63.6 Å². The number of nitrogens with two attached hydrogens (primary N) is 2. The number of aliphatic imine (C=N–C) groups is 1. The highest BCUT2D eigenvalue weighted by Crippen LogP contribution is 2.18. The van der Waals surface area contributed by atoms with Crippen LogP contribution in [0.15, 0.2) is 70.9 Å². The van der Waals surface area contributed by atoms with Crippen molar-refractivity contribution in [3.8, 4) is 0 Å². The molecule has 2 rings (SSSR count). The van der Waals surface area contributed by atoms with E-state index < -0.39 is 115 Å². The number of carbonyl (C=O) groups excluding carboxylic acids is 7. The minimum absolute atomic E-state index is 0.0310. The molecule has 1 saturated heterocycles. The zero-order valence-corrected chi connectivity index (χ0v) is 41.9. The first-order chi connectivity index (χ1) is 33.4. The Hall–Kier alpha value is -7.10. The van der Waals surface area contributed by atoms with Crippen molar-refractivity contribution < 1.29 is 58.1 Å². The summed E-state index contributed by atoms with van der Waals surface area (Å²) in [5.41, 5.74) is 12.5. The summed E-state index contributed by atoms with van der Waals surface area (Å²) in [5, 5.41) is 37.7. The van der Waals surface area contributed by atoms with Crippen molar-refractivity contribution in [1.82, 2.24) is 37.2 Å². The van der Waals surface area contributed by atoms with Gasteiger partial charge in [-0.05, 0) is 70.8 Å². The fourth-order valence-corrected chi connectivity index (χ4v) is 7.33. The van der Waals surface area contributed by atoms with Gasteiger partial charge in [0.2, 0.25) is 35.4 Å². The molecule has 22 heteroatoms. The van der Waals surface area contributed by atoms with Gasteiger partial charge in [0.1, 0.15) is 35.9 Å². The average molecular weight is 995 g/mol. The van der Waals surface area contributed by atoms with E-state index in [1.807, 2.05) is 57.2 Å². The standard InChI is InChI=1S/C49H74N10O12/c1-9-33-44(64)53-31(7)43(63)57-36(19-17-27(2)3)46(66)59-38(48(69)70)26-41(61)55-35(16-13-23-52-49(50)51)45(65)56-34(30(6)42(62)58-37(47(67)68)21-22-40(60)54-33)20-18-28(4)24-29(5)39(71-8)25-32-14-11-10-12-15-32/h9-12,14-15,18,20,24,27,29-31,34-39H,13,16-17,19,21-23,25-26H2,1-8H3,(H,53,64)(H,54,60)(H,55,61)(H,56,65)(H,57,63)(H,58,62)(H,59,66)(H,67,68)(H,69,70)(H4,50,51,52)/b20-18+,28-24+,33-9-/t29-,30-,31+,34-,35-,36-,37+,38+,39-/m0/s1. The summed E-state index contributed by atoms with van der Waals surface area (Å²) < 4.78 is 5.81. The van der Waals surface area contributed by atoms with Crippen LogP contribution >= 0.6 is 0 Å². The van der Waals surface area contributed by atoms with Crippen LogP contribution < -0.4 is 48.7 Å². The van der Waals surface area contributed by atoms with Crippen molar-refractivity contribution in [1.29, 1.82) is 0 Å². The molecule has 0 radical (unpaired) electrons. The van der Waals surface area contributed by atoms with E-state index in [1.165, 1.54) is 32.9 Å². The van der Waals surface area contributed by atoms with Gasteiger partial charge in [-0.15, -0.1) is 0 Å². The molecule has 71 heavy (non-hydrogen) atoms. The van der Waals surface area contributed by atoms with Gasteiger partial charge in [0.05, 0.1) is 24.5 Å². The first-order valence-electron chi connectivity index (χ1n) is 23.7. The number of nitrogens with one attached hydrogen (secondary N) is 7. The van der Waals surface area contributed by atoms with E-state index in [2.05, 4.69) is 42.2 Å². The van der Waals surface area contributed by atoms with Crippen LogP contribution in [-0.4, -0.2) is 125 Å². The van der Waals surface area contributed by atoms with Crippen LogP contribution in [-0.2, 0) is 54.3 Å². The molecule has 1 aliphatic heterocycles. The summed E-state index contributed by atoms with van der Waals surface area (Å²) in [7, 11) is 1.61. The fraction of sp³-hybridized carbons (Fsp3) is 0.551. The number of hydrogen-bond acceptors (Lipinski definition) is 11. The smallest absolute Gasteiger partial charge is 0.326 e. The molecular weight excluding hydrogens is 921 g/mol. The zero-order chi connectivity index (χ0) is 53.4. The number of carboxylic acid groups (broad SMARTS) is 2. The minimum atomic E-state index is -1.84. The average Bonchev–Trinajstić information content (AvgIpc) is 3.30. The van der Waals surface area contributed by atoms with Crippen LogP contribution in [0.2, 0.25) is 0 Å². The maximum atomic E-state index is 14.3. The molecule has 0 aromatic heterocycles. The maximum Gasteiger partial charge on any atom is 0.326 e. The molecule has 1 heterocycles. The number of carbonyl (C=O) groups is 9. The molecule has 1 aromatic rings. The molecule has 0 bridgehead atoms. The molecule has 1 fully saturated rings. The van der Waals surface area contributed by atoms with E-state index in [-0.39, 0.29) is 55.4 Å². The summed E-state index contributed by atoms with van der Waals surface area (Å²) in [4.78, 5) is 124. The molecule has 7 amide bonds. The lowest BCUT2D eigenvalue weighted by Crippen LogP contribution is -2.56. The third-order valence-electron chi connectivity index (χ3n) is 11.6. The zero-order valence-electron chi connectivity index (χ0n) is 41.9. The van der Waals surface area contributed by atoms with Gasteiger partial charge in [0, 0.05) is 26.0 Å². The van der Waals surface area contributed by atoms with Gasteiger partial charge >= 0.3 is 11.9 Å². The van der Waals surface area contributed by atoms with E-state index in [4.69, 9.17) is 16.2 Å². The maximum absolute atomic E-state index is 14.3. The molecule has 0 saturated carbocycles. The van der Waals surface area contributed by atoms with Gasteiger partial charge in [-0.2, -0.15) is 0 Å². The number of carboxylic acids is 2. The first-order valence-corrected chi connectivity index (χ1v) is 23.7. The number of hydrogen-bond donors (Lipinski definition) is 11. The lowest BCUT2D eigenvalue weighted by atomic mass is 9.94. The molecule has 0 spiro atoms. The lowest BCUT2D eigenvalue weighted by molar-refractivity contribution is -0.144. The van der Waals surface area contributed by atoms with Crippen molar-refractivity contribution in [2.45, 2.75) is 142 Å². The quantitative estimate of drug-likeness (QED) is 0.0359. The Balaban J connectivity index is 2.69. The number of nitrogens with zero attached hydrogens (tertiary/aromatic N) is 1. The number of allylic oxidation sites excluding steroid dienone is 3. The number of benzene rings is 1. The van der Waals surface area contributed by atoms with Crippen LogP contribution in [0.25, 0.3) is 0 Å². The molecule has 1 aliphatic rings. The normalized spacial score (nSPS) is 24.7. The van der Waals surface area contributed by atoms with Gasteiger partial charge in [0.15, 0.2) is 5.96 Å². The second-order valence-corrected chi connectivity index (χ2v) is 18.0. The highest BCUT2D eigenvalue weighted by molar-refractivity contribution is 6.00. The van der Waals surface area contributed by atoms with E-state index in [0.717, 1.165) is 5.56 Å². The highest BCUT2D eigenvalue weighted by atomic mass is 16.5. The third-order valence-corrected chi connectivity index (χ3v) is 11.6. The van der Waals surface area contributed by atoms with E-state index in [9.17, 15) is 53.4 Å². The van der Waals surface area contributed by atoms with Gasteiger partial charge in [0.25, 0.3) is 5.91 Å². The van der Waals surface area contributed by atoms with Crippen LogP contribution in [0.1, 0.15) is 99.0 Å². The number of amides is 7. The van der Waals surface area contributed by atoms with Crippen LogP contribution in [0.3, 0.4) is 0 Å². The first kappa shape index (κ1) is 60.0. The van der Waals surface area contributed by atoms with E-state index in [0.29, 0.717) is 18.4 Å². The molecule has 9 atom stereocenters. The summed E-state index contributed by atoms with van der Waals surface area (Å²) in [6.45, 7) is 11.7. The predicted octanol–water partition coefficient (Wildman–Crippen LogP) is 0.810. The van der Waals surface area contributed by atoms with Crippen LogP contribution in [0.4, 0.5) is 0 Å². The summed E-state index contributed by atoms with van der Waals surface area (Å²) >= 11 is 0. The number of rotatable bonds is 16. The Labute approximate surface area is 415 Å². The monoisotopic (exact) mass is 995 g/mol. The topological polar surface area (TPSA) is 352 Å². The second-order valence-electron chi connectivity index (χ2n) is 18.0. The van der Waals surface area contributed by atoms with Crippen molar-refractivity contribution in [3.05, 3.63) is 71.5 Å². The van der Waals surface area contributed by atoms with Crippen molar-refractivity contribution in [3.63, 3.8) is 0 Å². The lowest BCUT2D eigenvalue weighted by Gasteiger charge is -2.27. The van der Waals surface area contributed by atoms with Gasteiger partial charge in [-0.3, -0.25) is 38.6 Å². The molecular formula is C49H74N10O12. The number of aliphatic carboxylic acids is 2. The fourth-order valence-electron chi connectivity index (χ4n) is 7.33. The van der Waals surface area contributed by atoms with E-state index in [1.54, 1.807) is 20.1 Å². The Morgan fingerprint density at radius 2 is 1.44 bits per heavy atom. The number of methoxy groups -OCH3 is 1. The highest BCUT2D eigenvalue weighted by Gasteiger charge is 2.34. The van der Waals surface area contributed by atoms with Crippen molar-refractivity contribution >= 4 is 59.2 Å². The Kier molecular flexibility index (Phi) is 25.8. The molecule has 392 valence electrons. The molecule has 22 nitrogen and oxygen atoms in total. The van der Waals surface area contributed by atoms with Crippen LogP contribution in [0, 0.1) is 17.8 Å². The number of guanidine groups is 1. The second kappa shape index (κ2) is 30.5. The van der Waals surface area contributed by atoms with Gasteiger partial charge in [-0.1, -0.05) is 87.9 Å². The van der Waals surface area contributed by atoms with Crippen LogP contribution in [0.5, 0.6) is 0 Å². The van der Waals surface area contributed by atoms with Crippen molar-refractivity contribution in [2.75, 3.05) is 13.7 Å². The van der Waals surface area contributed by atoms with Gasteiger partial charge in [-0.25, -0.2) is 9.59 Å². The summed E-state index contributed by atoms with van der Waals surface area (Å²) in [6.07, 6.45) is 5.51. The number of ether oxygens (including phenoxy) is 1. The summed E-state index contributed by atoms with van der Waals surface area (Å²) in [6, 6.07) is 1.14. The van der Waals surface area contributed by atoms with Crippen molar-refractivity contribution in [2.24, 2.45) is 34.2 Å². The molecule has 0 unspecified atom stereocenters. The molecule has 0 aliphatic carbocycles. The molecule has 13 N–H and O–H groups in total. The largest absolute Gasteiger partial charge is 0.480 e. The predicted molar refractivity (Wildman–Crippen MR) is 264 cm³/mol. The Morgan fingerprint density at radius 1 is 0.817 bits per heavy atom. The minimum Gasteiger partial charge on any atom is -0.480 e. The molecule has 1 aromatic carbocycles.